The monoisotopic (exact) mass is 276 g/mol. The van der Waals surface area contributed by atoms with Gasteiger partial charge < -0.3 is 11.1 Å². The van der Waals surface area contributed by atoms with Crippen LogP contribution in [0.1, 0.15) is 24.6 Å². The molecule has 0 saturated carbocycles. The molecule has 0 spiro atoms. The number of hydrogen-bond donors (Lipinski definition) is 3. The number of rotatable bonds is 3. The SMILES string of the molecule is CC(C)c1cnc(NC(=O)Nc2cccc(N)c2)s1. The summed E-state index contributed by atoms with van der Waals surface area (Å²) in [6, 6.07) is 6.69. The normalized spacial score (nSPS) is 10.5. The number of benzene rings is 1. The van der Waals surface area contributed by atoms with Gasteiger partial charge in [-0.3, -0.25) is 5.32 Å². The molecule has 100 valence electrons. The lowest BCUT2D eigenvalue weighted by Gasteiger charge is -2.05. The number of thiazole rings is 1. The molecule has 1 heterocycles. The molecule has 2 aromatic rings. The number of nitrogen functional groups attached to an aromatic ring is 1. The minimum absolute atomic E-state index is 0.324. The van der Waals surface area contributed by atoms with Gasteiger partial charge in [-0.05, 0) is 24.1 Å². The zero-order chi connectivity index (χ0) is 13.8. The summed E-state index contributed by atoms with van der Waals surface area (Å²) < 4.78 is 0. The molecule has 0 bridgehead atoms. The number of amides is 2. The second-order valence-electron chi connectivity index (χ2n) is 4.43. The molecule has 2 amide bonds. The Morgan fingerprint density at radius 2 is 2.16 bits per heavy atom. The molecule has 5 nitrogen and oxygen atoms in total. The van der Waals surface area contributed by atoms with Crippen molar-refractivity contribution in [3.63, 3.8) is 0 Å². The summed E-state index contributed by atoms with van der Waals surface area (Å²) in [5.41, 5.74) is 6.90. The van der Waals surface area contributed by atoms with Crippen LogP contribution in [0.3, 0.4) is 0 Å². The number of aromatic nitrogens is 1. The van der Waals surface area contributed by atoms with Gasteiger partial charge >= 0.3 is 6.03 Å². The first-order valence-corrected chi connectivity index (χ1v) is 6.75. The summed E-state index contributed by atoms with van der Waals surface area (Å²) in [4.78, 5) is 17.1. The van der Waals surface area contributed by atoms with Gasteiger partial charge in [0.25, 0.3) is 0 Å². The number of anilines is 3. The third-order valence-electron chi connectivity index (χ3n) is 2.46. The number of carbonyl (C=O) groups excluding carboxylic acids is 1. The standard InChI is InChI=1S/C13H16N4OS/c1-8(2)11-7-15-13(19-11)17-12(18)16-10-5-3-4-9(14)6-10/h3-8H,14H2,1-2H3,(H2,15,16,17,18). The Morgan fingerprint density at radius 3 is 2.79 bits per heavy atom. The van der Waals surface area contributed by atoms with Crippen LogP contribution in [0.2, 0.25) is 0 Å². The molecule has 19 heavy (non-hydrogen) atoms. The van der Waals surface area contributed by atoms with Crippen LogP contribution in [-0.2, 0) is 0 Å². The molecule has 2 rings (SSSR count). The summed E-state index contributed by atoms with van der Waals surface area (Å²) in [6.07, 6.45) is 1.78. The van der Waals surface area contributed by atoms with Crippen LogP contribution in [0.25, 0.3) is 0 Å². The summed E-state index contributed by atoms with van der Waals surface area (Å²) in [7, 11) is 0. The van der Waals surface area contributed by atoms with Gasteiger partial charge in [-0.1, -0.05) is 19.9 Å². The Morgan fingerprint density at radius 1 is 1.37 bits per heavy atom. The van der Waals surface area contributed by atoms with E-state index in [1.807, 2.05) is 0 Å². The topological polar surface area (TPSA) is 80.0 Å². The number of hydrogen-bond acceptors (Lipinski definition) is 4. The van der Waals surface area contributed by atoms with E-state index in [4.69, 9.17) is 5.73 Å². The molecule has 0 aliphatic rings. The molecule has 0 aliphatic heterocycles. The third-order valence-corrected chi connectivity index (χ3v) is 3.67. The first-order chi connectivity index (χ1) is 9.04. The van der Waals surface area contributed by atoms with Crippen molar-refractivity contribution in [2.75, 3.05) is 16.4 Å². The summed E-state index contributed by atoms with van der Waals surface area (Å²) in [5.74, 6) is 0.407. The van der Waals surface area contributed by atoms with Crippen molar-refractivity contribution >= 4 is 33.9 Å². The fourth-order valence-electron chi connectivity index (χ4n) is 1.49. The highest BCUT2D eigenvalue weighted by Crippen LogP contribution is 2.25. The molecular formula is C13H16N4OS. The molecule has 4 N–H and O–H groups in total. The van der Waals surface area contributed by atoms with E-state index in [1.165, 1.54) is 11.3 Å². The van der Waals surface area contributed by atoms with Crippen LogP contribution in [-0.4, -0.2) is 11.0 Å². The van der Waals surface area contributed by atoms with Crippen molar-refractivity contribution in [2.24, 2.45) is 0 Å². The zero-order valence-corrected chi connectivity index (χ0v) is 11.6. The molecule has 6 heteroatoms. The average Bonchev–Trinajstić information content (AvgIpc) is 2.77. The first-order valence-electron chi connectivity index (χ1n) is 5.94. The van der Waals surface area contributed by atoms with Crippen LogP contribution in [0.15, 0.2) is 30.5 Å². The lowest BCUT2D eigenvalue weighted by molar-refractivity contribution is 0.262. The van der Waals surface area contributed by atoms with Crippen molar-refractivity contribution in [1.82, 2.24) is 4.98 Å². The van der Waals surface area contributed by atoms with Gasteiger partial charge in [0.05, 0.1) is 0 Å². The van der Waals surface area contributed by atoms with Crippen LogP contribution < -0.4 is 16.4 Å². The second-order valence-corrected chi connectivity index (χ2v) is 5.49. The predicted octanol–water partition coefficient (Wildman–Crippen LogP) is 3.49. The van der Waals surface area contributed by atoms with E-state index >= 15 is 0 Å². The minimum atomic E-state index is -0.324. The van der Waals surface area contributed by atoms with Crippen LogP contribution in [0.5, 0.6) is 0 Å². The third kappa shape index (κ3) is 3.69. The van der Waals surface area contributed by atoms with Crippen molar-refractivity contribution in [3.8, 4) is 0 Å². The summed E-state index contributed by atoms with van der Waals surface area (Å²) in [6.45, 7) is 4.17. The van der Waals surface area contributed by atoms with Crippen molar-refractivity contribution in [1.29, 1.82) is 0 Å². The van der Waals surface area contributed by atoms with Crippen LogP contribution >= 0.6 is 11.3 Å². The highest BCUT2D eigenvalue weighted by Gasteiger charge is 2.08. The largest absolute Gasteiger partial charge is 0.399 e. The minimum Gasteiger partial charge on any atom is -0.399 e. The lowest BCUT2D eigenvalue weighted by Crippen LogP contribution is -2.19. The van der Waals surface area contributed by atoms with Gasteiger partial charge in [-0.2, -0.15) is 0 Å². The fourth-order valence-corrected chi connectivity index (χ4v) is 2.30. The first kappa shape index (κ1) is 13.4. The van der Waals surface area contributed by atoms with Gasteiger partial charge in [-0.15, -0.1) is 11.3 Å². The second kappa shape index (κ2) is 5.71. The van der Waals surface area contributed by atoms with Crippen molar-refractivity contribution < 1.29 is 4.79 Å². The molecule has 1 aromatic carbocycles. The predicted molar refractivity (Wildman–Crippen MR) is 79.7 cm³/mol. The lowest BCUT2D eigenvalue weighted by atomic mass is 10.2. The van der Waals surface area contributed by atoms with Gasteiger partial charge in [0.2, 0.25) is 0 Å². The van der Waals surface area contributed by atoms with Crippen LogP contribution in [0.4, 0.5) is 21.3 Å². The van der Waals surface area contributed by atoms with E-state index in [-0.39, 0.29) is 6.03 Å². The molecule has 0 atom stereocenters. The molecule has 0 fully saturated rings. The van der Waals surface area contributed by atoms with Gasteiger partial charge in [0.15, 0.2) is 5.13 Å². The fraction of sp³-hybridized carbons (Fsp3) is 0.231. The molecule has 0 aliphatic carbocycles. The Balaban J connectivity index is 1.97. The molecule has 1 aromatic heterocycles. The summed E-state index contributed by atoms with van der Waals surface area (Å²) >= 11 is 1.48. The molecule has 0 unspecified atom stereocenters. The van der Waals surface area contributed by atoms with Gasteiger partial charge in [0, 0.05) is 22.4 Å². The smallest absolute Gasteiger partial charge is 0.325 e. The van der Waals surface area contributed by atoms with E-state index in [1.54, 1.807) is 30.5 Å². The zero-order valence-electron chi connectivity index (χ0n) is 10.8. The maximum absolute atomic E-state index is 11.8. The van der Waals surface area contributed by atoms with Crippen molar-refractivity contribution in [3.05, 3.63) is 35.3 Å². The van der Waals surface area contributed by atoms with Gasteiger partial charge in [0.1, 0.15) is 0 Å². The Hall–Kier alpha value is -2.08. The Labute approximate surface area is 115 Å². The van der Waals surface area contributed by atoms with E-state index in [9.17, 15) is 4.79 Å². The van der Waals surface area contributed by atoms with E-state index in [0.717, 1.165) is 4.88 Å². The van der Waals surface area contributed by atoms with E-state index in [0.29, 0.717) is 22.4 Å². The highest BCUT2D eigenvalue weighted by molar-refractivity contribution is 7.15. The quantitative estimate of drug-likeness (QED) is 0.751. The molecule has 0 radical (unpaired) electrons. The number of carbonyl (C=O) groups is 1. The molecular weight excluding hydrogens is 260 g/mol. The van der Waals surface area contributed by atoms with E-state index in [2.05, 4.69) is 29.5 Å². The summed E-state index contributed by atoms with van der Waals surface area (Å²) in [5, 5.41) is 6.00. The Bertz CT molecular complexity index is 580. The number of nitrogens with one attached hydrogen (secondary N) is 2. The van der Waals surface area contributed by atoms with Crippen molar-refractivity contribution in [2.45, 2.75) is 19.8 Å². The Kier molecular flexibility index (Phi) is 4.01. The van der Waals surface area contributed by atoms with E-state index < -0.39 is 0 Å². The van der Waals surface area contributed by atoms with Crippen LogP contribution in [0, 0.1) is 0 Å². The maximum Gasteiger partial charge on any atom is 0.325 e. The number of urea groups is 1. The maximum atomic E-state index is 11.8. The molecule has 0 saturated heterocycles. The number of nitrogens with two attached hydrogens (primary N) is 1. The average molecular weight is 276 g/mol. The highest BCUT2D eigenvalue weighted by atomic mass is 32.1. The van der Waals surface area contributed by atoms with Gasteiger partial charge in [-0.25, -0.2) is 9.78 Å². The number of nitrogens with zero attached hydrogens (tertiary/aromatic N) is 1.